The molecule has 0 spiro atoms. The molecule has 2 N–H and O–H groups in total. The van der Waals surface area contributed by atoms with Crippen molar-refractivity contribution in [3.63, 3.8) is 0 Å². The predicted octanol–water partition coefficient (Wildman–Crippen LogP) is 3.72. The van der Waals surface area contributed by atoms with Gasteiger partial charge in [0, 0.05) is 37.6 Å². The number of benzene rings is 3. The van der Waals surface area contributed by atoms with Crippen LogP contribution in [0.4, 0.5) is 30.1 Å². The molecule has 17 heteroatoms. The fraction of sp³-hybridized carbons (Fsp3) is 0.306. The van der Waals surface area contributed by atoms with Crippen molar-refractivity contribution in [1.29, 1.82) is 0 Å². The number of ether oxygens (including phenoxy) is 1. The Labute approximate surface area is 303 Å². The quantitative estimate of drug-likeness (QED) is 0.255. The second kappa shape index (κ2) is 15.0. The smallest absolute Gasteiger partial charge is 0.407 e. The van der Waals surface area contributed by atoms with Crippen molar-refractivity contribution in [1.82, 2.24) is 39.8 Å². The number of urea groups is 2. The third kappa shape index (κ3) is 7.31. The Kier molecular flexibility index (Phi) is 9.87. The summed E-state index contributed by atoms with van der Waals surface area (Å²) in [6, 6.07) is 17.8. The molecule has 2 atom stereocenters. The van der Waals surface area contributed by atoms with Crippen LogP contribution in [0.5, 0.6) is 0 Å². The van der Waals surface area contributed by atoms with Gasteiger partial charge in [-0.1, -0.05) is 18.2 Å². The summed E-state index contributed by atoms with van der Waals surface area (Å²) in [6.07, 6.45) is 3.17. The molecule has 5 aromatic rings. The molecule has 2 aliphatic heterocycles. The van der Waals surface area contributed by atoms with Gasteiger partial charge in [0.05, 0.1) is 61.3 Å². The first-order valence-corrected chi connectivity index (χ1v) is 17.2. The standard InChI is InChI=1S/C36H38FN11O5/c1-24(46(34(50)40-26-12-10-25(37)11-13-26)28-6-5-7-29(22-28)48-38-15-16-39-48)32-42-31-9-4-3-8-30(31)33(49)47(32)45-20-18-43(19-21-45)36(52)44-17-14-27(23-44)41-35(51)53-2/h3-13,15-16,22,24,27H,14,17-21,23H2,1-2H3,(H,40,50)(H,41,51). The number of methoxy groups -OCH3 is 1. The first kappa shape index (κ1) is 34.9. The number of para-hydroxylation sites is 1. The van der Waals surface area contributed by atoms with Crippen molar-refractivity contribution in [2.75, 3.05) is 61.6 Å². The summed E-state index contributed by atoms with van der Waals surface area (Å²) in [5, 5.41) is 16.3. The van der Waals surface area contributed by atoms with Crippen molar-refractivity contribution < 1.29 is 23.5 Å². The minimum Gasteiger partial charge on any atom is -0.453 e. The van der Waals surface area contributed by atoms with Gasteiger partial charge in [0.1, 0.15) is 5.82 Å². The van der Waals surface area contributed by atoms with Crippen LogP contribution in [0.3, 0.4) is 0 Å². The lowest BCUT2D eigenvalue weighted by atomic mass is 10.1. The van der Waals surface area contributed by atoms with Crippen LogP contribution in [0.1, 0.15) is 25.2 Å². The fourth-order valence-electron chi connectivity index (χ4n) is 6.71. The van der Waals surface area contributed by atoms with Gasteiger partial charge in [0.15, 0.2) is 5.82 Å². The largest absolute Gasteiger partial charge is 0.453 e. The van der Waals surface area contributed by atoms with E-state index in [1.54, 1.807) is 77.6 Å². The van der Waals surface area contributed by atoms with Crippen molar-refractivity contribution >= 4 is 40.4 Å². The Hall–Kier alpha value is -6.52. The number of hydrogen-bond acceptors (Lipinski definition) is 9. The lowest BCUT2D eigenvalue weighted by Gasteiger charge is -2.40. The molecule has 3 aromatic carbocycles. The molecular weight excluding hydrogens is 685 g/mol. The highest BCUT2D eigenvalue weighted by Crippen LogP contribution is 2.30. The number of alkyl carbamates (subject to hydrolysis) is 1. The zero-order chi connectivity index (χ0) is 37.1. The van der Waals surface area contributed by atoms with Gasteiger partial charge in [-0.25, -0.2) is 28.4 Å². The van der Waals surface area contributed by atoms with Gasteiger partial charge in [-0.2, -0.15) is 15.0 Å². The van der Waals surface area contributed by atoms with Gasteiger partial charge in [-0.15, -0.1) is 0 Å². The van der Waals surface area contributed by atoms with E-state index in [2.05, 4.69) is 20.8 Å². The minimum absolute atomic E-state index is 0.147. The number of rotatable bonds is 7. The Bertz CT molecular complexity index is 2170. The fourth-order valence-corrected chi connectivity index (χ4v) is 6.71. The second-order valence-corrected chi connectivity index (χ2v) is 12.7. The lowest BCUT2D eigenvalue weighted by Crippen LogP contribution is -2.58. The summed E-state index contributed by atoms with van der Waals surface area (Å²) in [5.74, 6) is -0.152. The number of hydrogen-bond donors (Lipinski definition) is 2. The average molecular weight is 724 g/mol. The van der Waals surface area contributed by atoms with E-state index in [4.69, 9.17) is 9.72 Å². The number of aromatic nitrogens is 5. The molecule has 2 fully saturated rings. The van der Waals surface area contributed by atoms with Gasteiger partial charge in [-0.3, -0.25) is 9.69 Å². The molecule has 2 aliphatic rings. The summed E-state index contributed by atoms with van der Waals surface area (Å²) < 4.78 is 20.0. The van der Waals surface area contributed by atoms with E-state index in [9.17, 15) is 23.6 Å². The highest BCUT2D eigenvalue weighted by atomic mass is 19.1. The lowest BCUT2D eigenvalue weighted by molar-refractivity contribution is 0.152. The summed E-state index contributed by atoms with van der Waals surface area (Å²) in [4.78, 5) is 65.1. The molecule has 0 bridgehead atoms. The van der Waals surface area contributed by atoms with Crippen LogP contribution in [-0.4, -0.2) is 105 Å². The van der Waals surface area contributed by atoms with Crippen LogP contribution in [0.15, 0.2) is 90.0 Å². The Morgan fingerprint density at radius 1 is 0.925 bits per heavy atom. The summed E-state index contributed by atoms with van der Waals surface area (Å²) in [5.41, 5.74) is 1.56. The molecule has 4 heterocycles. The SMILES string of the molecule is COC(=O)NC1CCN(C(=O)N2CCN(n3c(C(C)N(C(=O)Nc4ccc(F)cc4)c4cccc(-n5nccn5)c4)nc4ccccc4c3=O)CC2)C1. The first-order chi connectivity index (χ1) is 25.7. The highest BCUT2D eigenvalue weighted by Gasteiger charge is 2.34. The third-order valence-corrected chi connectivity index (χ3v) is 9.39. The maximum Gasteiger partial charge on any atom is 0.407 e. The number of nitrogens with zero attached hydrogens (tertiary/aromatic N) is 9. The van der Waals surface area contributed by atoms with Gasteiger partial charge < -0.3 is 30.2 Å². The van der Waals surface area contributed by atoms with E-state index < -0.39 is 24.0 Å². The molecule has 0 saturated carbocycles. The number of nitrogens with one attached hydrogen (secondary N) is 2. The normalized spacial score (nSPS) is 16.4. The maximum absolute atomic E-state index is 14.4. The molecule has 274 valence electrons. The number of likely N-dealkylation sites (tertiary alicyclic amines) is 1. The van der Waals surface area contributed by atoms with Crippen molar-refractivity contribution in [2.24, 2.45) is 0 Å². The highest BCUT2D eigenvalue weighted by molar-refractivity contribution is 6.02. The third-order valence-electron chi connectivity index (χ3n) is 9.39. The number of anilines is 2. The summed E-state index contributed by atoms with van der Waals surface area (Å²) in [7, 11) is 1.30. The molecular formula is C36H38FN11O5. The van der Waals surface area contributed by atoms with E-state index in [1.807, 2.05) is 5.01 Å². The van der Waals surface area contributed by atoms with Crippen molar-refractivity contribution in [3.05, 3.63) is 107 Å². The number of fused-ring (bicyclic) bond motifs is 1. The van der Waals surface area contributed by atoms with Crippen LogP contribution in [0, 0.1) is 5.82 Å². The van der Waals surface area contributed by atoms with Crippen LogP contribution < -0.4 is 26.1 Å². The van der Waals surface area contributed by atoms with Gasteiger partial charge >= 0.3 is 18.2 Å². The molecule has 2 aromatic heterocycles. The van der Waals surface area contributed by atoms with Crippen LogP contribution >= 0.6 is 0 Å². The van der Waals surface area contributed by atoms with Gasteiger partial charge in [0.25, 0.3) is 5.56 Å². The minimum atomic E-state index is -0.836. The number of carbonyl (C=O) groups excluding carboxylic acids is 3. The second-order valence-electron chi connectivity index (χ2n) is 12.7. The molecule has 2 saturated heterocycles. The van der Waals surface area contributed by atoms with Crippen LogP contribution in [0.2, 0.25) is 0 Å². The molecule has 5 amide bonds. The molecule has 0 radical (unpaired) electrons. The molecule has 53 heavy (non-hydrogen) atoms. The van der Waals surface area contributed by atoms with Crippen LogP contribution in [0.25, 0.3) is 16.6 Å². The van der Waals surface area contributed by atoms with Crippen LogP contribution in [-0.2, 0) is 4.74 Å². The van der Waals surface area contributed by atoms with Gasteiger partial charge in [0.2, 0.25) is 0 Å². The Balaban J connectivity index is 1.21. The van der Waals surface area contributed by atoms with E-state index in [1.165, 1.54) is 45.7 Å². The molecule has 0 aliphatic carbocycles. The number of carbonyl (C=O) groups is 3. The van der Waals surface area contributed by atoms with E-state index in [0.717, 1.165) is 0 Å². The first-order valence-electron chi connectivity index (χ1n) is 17.2. The summed E-state index contributed by atoms with van der Waals surface area (Å²) >= 11 is 0. The predicted molar refractivity (Wildman–Crippen MR) is 194 cm³/mol. The number of amides is 5. The van der Waals surface area contributed by atoms with Gasteiger partial charge in [-0.05, 0) is 67.9 Å². The molecule has 2 unspecified atom stereocenters. The Morgan fingerprint density at radius 3 is 2.40 bits per heavy atom. The maximum atomic E-state index is 14.4. The Morgan fingerprint density at radius 2 is 1.66 bits per heavy atom. The number of piperazine rings is 1. The molecule has 16 nitrogen and oxygen atoms in total. The summed E-state index contributed by atoms with van der Waals surface area (Å²) in [6.45, 7) is 3.92. The van der Waals surface area contributed by atoms with E-state index in [0.29, 0.717) is 79.5 Å². The average Bonchev–Trinajstić information content (AvgIpc) is 3.89. The zero-order valence-electron chi connectivity index (χ0n) is 29.1. The zero-order valence-corrected chi connectivity index (χ0v) is 29.1. The topological polar surface area (TPSA) is 163 Å². The van der Waals surface area contributed by atoms with Crippen molar-refractivity contribution in [2.45, 2.75) is 25.4 Å². The van der Waals surface area contributed by atoms with Crippen molar-refractivity contribution in [3.8, 4) is 5.69 Å². The van der Waals surface area contributed by atoms with E-state index in [-0.39, 0.29) is 17.6 Å². The van der Waals surface area contributed by atoms with E-state index >= 15 is 0 Å². The number of halogens is 1. The molecule has 7 rings (SSSR count). The monoisotopic (exact) mass is 723 g/mol.